The van der Waals surface area contributed by atoms with Gasteiger partial charge in [-0.3, -0.25) is 0 Å². The van der Waals surface area contributed by atoms with Gasteiger partial charge in [-0.25, -0.2) is 15.0 Å². The van der Waals surface area contributed by atoms with Crippen molar-refractivity contribution >= 4 is 43.6 Å². The van der Waals surface area contributed by atoms with Crippen molar-refractivity contribution in [1.29, 1.82) is 10.5 Å². The highest BCUT2D eigenvalue weighted by Gasteiger charge is 2.23. The molecule has 84 heavy (non-hydrogen) atoms. The Balaban J connectivity index is 0.899. The van der Waals surface area contributed by atoms with Crippen LogP contribution in [0.2, 0.25) is 0 Å². The maximum atomic E-state index is 11.2. The molecule has 12 aromatic carbocycles. The van der Waals surface area contributed by atoms with E-state index in [1.54, 1.807) is 0 Å². The summed E-state index contributed by atoms with van der Waals surface area (Å²) in [6.45, 7) is 0. The molecule has 15 rings (SSSR count). The molecule has 7 nitrogen and oxygen atoms in total. The summed E-state index contributed by atoms with van der Waals surface area (Å²) in [6, 6.07) is 103. The molecule has 0 aliphatic rings. The molecule has 0 amide bonds. The van der Waals surface area contributed by atoms with Gasteiger partial charge >= 0.3 is 0 Å². The van der Waals surface area contributed by atoms with Crippen LogP contribution in [0.15, 0.2) is 285 Å². The molecule has 7 heteroatoms. The second-order valence-corrected chi connectivity index (χ2v) is 21.0. The van der Waals surface area contributed by atoms with Gasteiger partial charge in [-0.05, 0) is 147 Å². The summed E-state index contributed by atoms with van der Waals surface area (Å²) in [7, 11) is 0. The lowest BCUT2D eigenvalue weighted by Gasteiger charge is -2.17. The third-order valence-electron chi connectivity index (χ3n) is 16.1. The molecular formula is C77H47N7. The normalized spacial score (nSPS) is 11.3. The molecule has 0 spiro atoms. The molecule has 0 bridgehead atoms. The SMILES string of the molecule is N#Cc1ccc(-c2cc(-c3nc(-c4ccccc4)nc(-c4ccc(-n5c6ccc(-c7ccccc7)cc6c6cc(-c7ccccc7)ccc65)c(C#N)c4)n3)ccc2-n2c3ccc(-c4ccccc4)cc3c3cc(-c4ccccc4)ccc32)cc1. The van der Waals surface area contributed by atoms with Gasteiger partial charge in [0, 0.05) is 43.8 Å². The number of nitrogens with zero attached hydrogens (tertiary/aromatic N) is 7. The van der Waals surface area contributed by atoms with Crippen LogP contribution in [0.25, 0.3) is 145 Å². The quantitative estimate of drug-likeness (QED) is 0.136. The van der Waals surface area contributed by atoms with Crippen LogP contribution in [0.5, 0.6) is 0 Å². The van der Waals surface area contributed by atoms with Crippen molar-refractivity contribution < 1.29 is 0 Å². The van der Waals surface area contributed by atoms with E-state index in [0.29, 0.717) is 34.2 Å². The van der Waals surface area contributed by atoms with Gasteiger partial charge < -0.3 is 9.13 Å². The van der Waals surface area contributed by atoms with E-state index in [1.165, 1.54) is 0 Å². The van der Waals surface area contributed by atoms with Crippen LogP contribution in [0, 0.1) is 22.7 Å². The lowest BCUT2D eigenvalue weighted by molar-refractivity contribution is 1.07. The van der Waals surface area contributed by atoms with Gasteiger partial charge in [-0.2, -0.15) is 10.5 Å². The van der Waals surface area contributed by atoms with Gasteiger partial charge in [-0.15, -0.1) is 0 Å². The Bertz CT molecular complexity index is 4920. The molecule has 15 aromatic rings. The minimum atomic E-state index is 0.430. The maximum Gasteiger partial charge on any atom is 0.164 e. The zero-order chi connectivity index (χ0) is 56.1. The molecule has 0 saturated carbocycles. The van der Waals surface area contributed by atoms with Crippen molar-refractivity contribution in [3.05, 3.63) is 296 Å². The Labute approximate surface area is 485 Å². The summed E-state index contributed by atoms with van der Waals surface area (Å²) in [6.07, 6.45) is 0. The number of rotatable bonds is 10. The molecule has 0 N–H and O–H groups in total. The zero-order valence-electron chi connectivity index (χ0n) is 45.3. The molecule has 3 heterocycles. The first-order chi connectivity index (χ1) is 41.5. The number of hydrogen-bond donors (Lipinski definition) is 0. The molecule has 0 aliphatic carbocycles. The fraction of sp³-hybridized carbons (Fsp3) is 0. The van der Waals surface area contributed by atoms with Crippen molar-refractivity contribution in [2.24, 2.45) is 0 Å². The first-order valence-electron chi connectivity index (χ1n) is 27.9. The smallest absolute Gasteiger partial charge is 0.164 e. The molecular weight excluding hydrogens is 1020 g/mol. The maximum absolute atomic E-state index is 11.2. The number of benzene rings is 12. The Morgan fingerprint density at radius 3 is 0.952 bits per heavy atom. The van der Waals surface area contributed by atoms with Crippen LogP contribution in [0.1, 0.15) is 11.1 Å². The Morgan fingerprint density at radius 2 is 0.571 bits per heavy atom. The summed E-state index contributed by atoms with van der Waals surface area (Å²) in [4.78, 5) is 15.7. The van der Waals surface area contributed by atoms with Crippen LogP contribution >= 0.6 is 0 Å². The molecule has 390 valence electrons. The lowest BCUT2D eigenvalue weighted by Crippen LogP contribution is -2.03. The average Bonchev–Trinajstić information content (AvgIpc) is 1.92. The zero-order valence-corrected chi connectivity index (χ0v) is 45.3. The predicted octanol–water partition coefficient (Wildman–Crippen LogP) is 19.1. The highest BCUT2D eigenvalue weighted by Crippen LogP contribution is 2.43. The second kappa shape index (κ2) is 20.7. The number of aromatic nitrogens is 5. The van der Waals surface area contributed by atoms with Crippen molar-refractivity contribution in [2.45, 2.75) is 0 Å². The first-order valence-corrected chi connectivity index (χ1v) is 27.9. The fourth-order valence-corrected chi connectivity index (χ4v) is 11.9. The third-order valence-corrected chi connectivity index (χ3v) is 16.1. The number of nitriles is 2. The monoisotopic (exact) mass is 1070 g/mol. The highest BCUT2D eigenvalue weighted by molar-refractivity contribution is 6.13. The summed E-state index contributed by atoms with van der Waals surface area (Å²) >= 11 is 0. The summed E-state index contributed by atoms with van der Waals surface area (Å²) < 4.78 is 4.56. The topological polar surface area (TPSA) is 96.1 Å². The second-order valence-electron chi connectivity index (χ2n) is 21.0. The largest absolute Gasteiger partial charge is 0.309 e. The highest BCUT2D eigenvalue weighted by atomic mass is 15.0. The van der Waals surface area contributed by atoms with Gasteiger partial charge in [0.2, 0.25) is 0 Å². The summed E-state index contributed by atoms with van der Waals surface area (Å²) in [5.74, 6) is 1.40. The molecule has 0 unspecified atom stereocenters. The number of hydrogen-bond acceptors (Lipinski definition) is 5. The Kier molecular flexibility index (Phi) is 12.2. The van der Waals surface area contributed by atoms with E-state index in [4.69, 9.17) is 15.0 Å². The fourth-order valence-electron chi connectivity index (χ4n) is 11.9. The minimum Gasteiger partial charge on any atom is -0.309 e. The molecule has 0 radical (unpaired) electrons. The average molecular weight is 1070 g/mol. The third kappa shape index (κ3) is 8.74. The van der Waals surface area contributed by atoms with Crippen molar-refractivity contribution in [2.75, 3.05) is 0 Å². The van der Waals surface area contributed by atoms with Crippen LogP contribution in [-0.4, -0.2) is 24.1 Å². The molecule has 0 fully saturated rings. The van der Waals surface area contributed by atoms with Crippen molar-refractivity contribution in [3.63, 3.8) is 0 Å². The van der Waals surface area contributed by atoms with Gasteiger partial charge in [0.05, 0.1) is 50.6 Å². The Hall–Kier alpha value is -11.8. The van der Waals surface area contributed by atoms with Crippen LogP contribution in [0.3, 0.4) is 0 Å². The van der Waals surface area contributed by atoms with E-state index in [-0.39, 0.29) is 0 Å². The van der Waals surface area contributed by atoms with E-state index in [1.807, 2.05) is 97.1 Å². The summed E-state index contributed by atoms with van der Waals surface area (Å²) in [5, 5.41) is 25.6. The van der Waals surface area contributed by atoms with E-state index in [2.05, 4.69) is 209 Å². The minimum absolute atomic E-state index is 0.430. The van der Waals surface area contributed by atoms with Gasteiger partial charge in [0.25, 0.3) is 0 Å². The molecule has 0 aliphatic heterocycles. The molecule has 3 aromatic heterocycles. The van der Waals surface area contributed by atoms with E-state index >= 15 is 0 Å². The standard InChI is InChI=1S/C77H47N7/c78-48-50-26-28-55(29-27-50)64-47-62(35-41-70(64)84-73-39-32-59(53-20-10-3-11-21-53)45-67(73)68-46-60(33-40-74(68)84)54-22-12-4-13-23-54)77-81-75(56-24-14-5-15-25-56)80-76(82-77)61-34-36-69(63(42-61)49-79)83-71-37-30-57(51-16-6-1-7-17-51)43-65(71)66-44-58(31-38-72(66)83)52-18-8-2-9-19-52/h1-47H. The first kappa shape index (κ1) is 49.3. The van der Waals surface area contributed by atoms with Crippen LogP contribution in [-0.2, 0) is 0 Å². The summed E-state index contributed by atoms with van der Waals surface area (Å²) in [5.41, 5.74) is 20.0. The predicted molar refractivity (Wildman–Crippen MR) is 341 cm³/mol. The Morgan fingerprint density at radius 1 is 0.250 bits per heavy atom. The van der Waals surface area contributed by atoms with E-state index < -0.39 is 0 Å². The van der Waals surface area contributed by atoms with Gasteiger partial charge in [0.15, 0.2) is 17.5 Å². The molecule has 0 saturated heterocycles. The van der Waals surface area contributed by atoms with Crippen molar-refractivity contribution in [3.8, 4) is 113 Å². The van der Waals surface area contributed by atoms with E-state index in [0.717, 1.165) is 122 Å². The van der Waals surface area contributed by atoms with E-state index in [9.17, 15) is 10.5 Å². The van der Waals surface area contributed by atoms with Crippen molar-refractivity contribution in [1.82, 2.24) is 24.1 Å². The van der Waals surface area contributed by atoms with Gasteiger partial charge in [-0.1, -0.05) is 188 Å². The molecule has 0 atom stereocenters. The van der Waals surface area contributed by atoms with Gasteiger partial charge in [0.1, 0.15) is 6.07 Å². The number of fused-ring (bicyclic) bond motifs is 6. The lowest BCUT2D eigenvalue weighted by atomic mass is 9.99. The van der Waals surface area contributed by atoms with Crippen LogP contribution < -0.4 is 0 Å². The van der Waals surface area contributed by atoms with Crippen LogP contribution in [0.4, 0.5) is 0 Å².